The van der Waals surface area contributed by atoms with Crippen molar-refractivity contribution in [3.05, 3.63) is 24.0 Å². The summed E-state index contributed by atoms with van der Waals surface area (Å²) in [6, 6.07) is 1.86. The fourth-order valence-electron chi connectivity index (χ4n) is 1.65. The van der Waals surface area contributed by atoms with Crippen molar-refractivity contribution in [3.63, 3.8) is 0 Å². The quantitative estimate of drug-likeness (QED) is 0.785. The van der Waals surface area contributed by atoms with Gasteiger partial charge in [0.15, 0.2) is 5.79 Å². The lowest BCUT2D eigenvalue weighted by atomic mass is 10.3. The van der Waals surface area contributed by atoms with Crippen molar-refractivity contribution in [1.82, 2.24) is 4.98 Å². The predicted octanol–water partition coefficient (Wildman–Crippen LogP) is 1.92. The summed E-state index contributed by atoms with van der Waals surface area (Å²) >= 11 is 0. The smallest absolute Gasteiger partial charge is 0.163 e. The summed E-state index contributed by atoms with van der Waals surface area (Å²) in [6.45, 7) is 6.87. The van der Waals surface area contributed by atoms with E-state index >= 15 is 0 Å². The molecular weight excluding hydrogens is 206 g/mol. The zero-order valence-electron chi connectivity index (χ0n) is 9.90. The highest BCUT2D eigenvalue weighted by Crippen LogP contribution is 2.23. The van der Waals surface area contributed by atoms with Crippen LogP contribution in [0.25, 0.3) is 0 Å². The Balaban J connectivity index is 1.87. The molecule has 4 heteroatoms. The van der Waals surface area contributed by atoms with Gasteiger partial charge in [0.05, 0.1) is 6.61 Å². The maximum Gasteiger partial charge on any atom is 0.163 e. The molecule has 0 aromatic carbocycles. The number of hydrogen-bond donors (Lipinski definition) is 0. The van der Waals surface area contributed by atoms with Gasteiger partial charge in [0.2, 0.25) is 0 Å². The summed E-state index contributed by atoms with van der Waals surface area (Å²) in [4.78, 5) is 4.01. The number of rotatable bonds is 3. The Morgan fingerprint density at radius 2 is 2.38 bits per heavy atom. The molecule has 0 amide bonds. The molecule has 4 nitrogen and oxygen atoms in total. The Morgan fingerprint density at radius 3 is 3.00 bits per heavy atom. The standard InChI is InChI=1S/C12H17NO3/c1-9-6-13-5-4-11(9)14-7-10-8-15-12(2,3)16-10/h4-6,10H,7-8H2,1-3H3/t10-/m1/s1. The molecule has 0 spiro atoms. The zero-order valence-corrected chi connectivity index (χ0v) is 9.90. The summed E-state index contributed by atoms with van der Waals surface area (Å²) in [5, 5.41) is 0. The molecule has 0 radical (unpaired) electrons. The van der Waals surface area contributed by atoms with E-state index in [-0.39, 0.29) is 6.10 Å². The molecule has 1 aromatic rings. The molecule has 2 heterocycles. The van der Waals surface area contributed by atoms with Crippen LogP contribution in [0.15, 0.2) is 18.5 Å². The van der Waals surface area contributed by atoms with Crippen LogP contribution < -0.4 is 4.74 Å². The van der Waals surface area contributed by atoms with E-state index in [0.29, 0.717) is 13.2 Å². The molecular formula is C12H17NO3. The Bertz CT molecular complexity index is 365. The predicted molar refractivity (Wildman–Crippen MR) is 59.4 cm³/mol. The van der Waals surface area contributed by atoms with Crippen molar-refractivity contribution in [2.75, 3.05) is 13.2 Å². The van der Waals surface area contributed by atoms with Gasteiger partial charge in [-0.2, -0.15) is 0 Å². The van der Waals surface area contributed by atoms with Crippen LogP contribution in [0.3, 0.4) is 0 Å². The fourth-order valence-corrected chi connectivity index (χ4v) is 1.65. The maximum absolute atomic E-state index is 5.67. The molecule has 0 unspecified atom stereocenters. The van der Waals surface area contributed by atoms with Gasteiger partial charge >= 0.3 is 0 Å². The topological polar surface area (TPSA) is 40.6 Å². The number of pyridine rings is 1. The third-order valence-electron chi connectivity index (χ3n) is 2.46. The van der Waals surface area contributed by atoms with Gasteiger partial charge in [-0.3, -0.25) is 4.98 Å². The van der Waals surface area contributed by atoms with Gasteiger partial charge in [-0.15, -0.1) is 0 Å². The van der Waals surface area contributed by atoms with E-state index in [9.17, 15) is 0 Å². The second kappa shape index (κ2) is 4.39. The van der Waals surface area contributed by atoms with Gasteiger partial charge in [0.25, 0.3) is 0 Å². The highest BCUT2D eigenvalue weighted by Gasteiger charge is 2.32. The Hall–Kier alpha value is -1.13. The first-order chi connectivity index (χ1) is 7.57. The van der Waals surface area contributed by atoms with Gasteiger partial charge in [-0.1, -0.05) is 0 Å². The number of nitrogens with zero attached hydrogens (tertiary/aromatic N) is 1. The molecule has 0 N–H and O–H groups in total. The molecule has 2 rings (SSSR count). The van der Waals surface area contributed by atoms with Crippen LogP contribution in [0.5, 0.6) is 5.75 Å². The van der Waals surface area contributed by atoms with Gasteiger partial charge in [-0.05, 0) is 26.8 Å². The van der Waals surface area contributed by atoms with Crippen LogP contribution in [-0.4, -0.2) is 30.1 Å². The van der Waals surface area contributed by atoms with Gasteiger partial charge in [0.1, 0.15) is 18.5 Å². The SMILES string of the molecule is Cc1cnccc1OC[C@@H]1COC(C)(C)O1. The number of aromatic nitrogens is 1. The van der Waals surface area contributed by atoms with Crippen molar-refractivity contribution in [2.45, 2.75) is 32.7 Å². The monoisotopic (exact) mass is 223 g/mol. The van der Waals surface area contributed by atoms with E-state index in [2.05, 4.69) is 4.98 Å². The Labute approximate surface area is 95.5 Å². The molecule has 1 atom stereocenters. The van der Waals surface area contributed by atoms with E-state index in [1.54, 1.807) is 12.4 Å². The lowest BCUT2D eigenvalue weighted by molar-refractivity contribution is -0.141. The van der Waals surface area contributed by atoms with E-state index in [1.807, 2.05) is 26.8 Å². The molecule has 88 valence electrons. The second-order valence-corrected chi connectivity index (χ2v) is 4.40. The number of ether oxygens (including phenoxy) is 3. The molecule has 0 bridgehead atoms. The van der Waals surface area contributed by atoms with Crippen LogP contribution in [0.1, 0.15) is 19.4 Å². The first-order valence-electron chi connectivity index (χ1n) is 5.42. The maximum atomic E-state index is 5.67. The van der Waals surface area contributed by atoms with E-state index < -0.39 is 5.79 Å². The lowest BCUT2D eigenvalue weighted by Crippen LogP contribution is -2.25. The first kappa shape index (κ1) is 11.4. The third-order valence-corrected chi connectivity index (χ3v) is 2.46. The summed E-state index contributed by atoms with van der Waals surface area (Å²) in [6.07, 6.45) is 3.51. The zero-order chi connectivity index (χ0) is 11.6. The van der Waals surface area contributed by atoms with Crippen LogP contribution in [0.2, 0.25) is 0 Å². The van der Waals surface area contributed by atoms with E-state index in [0.717, 1.165) is 11.3 Å². The summed E-state index contributed by atoms with van der Waals surface area (Å²) in [5.74, 6) is 0.365. The molecule has 0 saturated carbocycles. The summed E-state index contributed by atoms with van der Waals surface area (Å²) in [7, 11) is 0. The van der Waals surface area contributed by atoms with Gasteiger partial charge < -0.3 is 14.2 Å². The van der Waals surface area contributed by atoms with Gasteiger partial charge in [-0.25, -0.2) is 0 Å². The first-order valence-corrected chi connectivity index (χ1v) is 5.42. The summed E-state index contributed by atoms with van der Waals surface area (Å²) in [5.41, 5.74) is 1.03. The molecule has 1 aliphatic heterocycles. The Kier molecular flexibility index (Phi) is 3.12. The second-order valence-electron chi connectivity index (χ2n) is 4.40. The van der Waals surface area contributed by atoms with Crippen LogP contribution >= 0.6 is 0 Å². The highest BCUT2D eigenvalue weighted by atomic mass is 16.7. The molecule has 0 aliphatic carbocycles. The van der Waals surface area contributed by atoms with Crippen molar-refractivity contribution >= 4 is 0 Å². The van der Waals surface area contributed by atoms with Crippen molar-refractivity contribution < 1.29 is 14.2 Å². The average Bonchev–Trinajstić information content (AvgIpc) is 2.57. The van der Waals surface area contributed by atoms with Gasteiger partial charge in [0, 0.05) is 18.0 Å². The third kappa shape index (κ3) is 2.71. The fraction of sp³-hybridized carbons (Fsp3) is 0.583. The molecule has 1 aliphatic rings. The van der Waals surface area contributed by atoms with Crippen LogP contribution in [-0.2, 0) is 9.47 Å². The van der Waals surface area contributed by atoms with E-state index in [4.69, 9.17) is 14.2 Å². The summed E-state index contributed by atoms with van der Waals surface area (Å²) < 4.78 is 16.8. The van der Waals surface area contributed by atoms with Crippen LogP contribution in [0.4, 0.5) is 0 Å². The minimum atomic E-state index is -0.485. The number of hydrogen-bond acceptors (Lipinski definition) is 4. The van der Waals surface area contributed by atoms with Crippen LogP contribution in [0, 0.1) is 6.92 Å². The van der Waals surface area contributed by atoms with Crippen molar-refractivity contribution in [2.24, 2.45) is 0 Å². The molecule has 1 aromatic heterocycles. The minimum Gasteiger partial charge on any atom is -0.490 e. The van der Waals surface area contributed by atoms with Crippen molar-refractivity contribution in [1.29, 1.82) is 0 Å². The van der Waals surface area contributed by atoms with Crippen molar-refractivity contribution in [3.8, 4) is 5.75 Å². The minimum absolute atomic E-state index is 0.00238. The molecule has 1 saturated heterocycles. The average molecular weight is 223 g/mol. The Morgan fingerprint density at radius 1 is 1.56 bits per heavy atom. The largest absolute Gasteiger partial charge is 0.490 e. The molecule has 16 heavy (non-hydrogen) atoms. The number of aryl methyl sites for hydroxylation is 1. The lowest BCUT2D eigenvalue weighted by Gasteiger charge is -2.17. The van der Waals surface area contributed by atoms with E-state index in [1.165, 1.54) is 0 Å². The highest BCUT2D eigenvalue weighted by molar-refractivity contribution is 5.28. The molecule has 1 fully saturated rings. The normalized spacial score (nSPS) is 23.3.